The first kappa shape index (κ1) is 13.5. The first-order valence-corrected chi connectivity index (χ1v) is 8.32. The molecule has 0 atom stereocenters. The number of rotatable bonds is 3. The van der Waals surface area contributed by atoms with Gasteiger partial charge in [0.2, 0.25) is 0 Å². The second-order valence-corrected chi connectivity index (χ2v) is 6.26. The van der Waals surface area contributed by atoms with Crippen LogP contribution >= 0.6 is 11.3 Å². The van der Waals surface area contributed by atoms with Crippen LogP contribution in [0.3, 0.4) is 0 Å². The van der Waals surface area contributed by atoms with Crippen molar-refractivity contribution >= 4 is 28.2 Å². The average Bonchev–Trinajstić information content (AvgIpc) is 3.10. The Balaban J connectivity index is 1.39. The first-order valence-electron chi connectivity index (χ1n) is 7.37. The summed E-state index contributed by atoms with van der Waals surface area (Å²) in [5, 5.41) is 14.0. The maximum atomic E-state index is 9.87. The molecule has 0 amide bonds. The van der Waals surface area contributed by atoms with Gasteiger partial charge in [-0.05, 0) is 6.07 Å². The monoisotopic (exact) mass is 316 g/mol. The van der Waals surface area contributed by atoms with Gasteiger partial charge in [-0.1, -0.05) is 10.8 Å². The van der Waals surface area contributed by atoms with Gasteiger partial charge in [-0.2, -0.15) is 0 Å². The molecule has 6 nitrogen and oxygen atoms in total. The van der Waals surface area contributed by atoms with Crippen molar-refractivity contribution in [3.63, 3.8) is 0 Å². The van der Waals surface area contributed by atoms with Crippen LogP contribution in [0.1, 0.15) is 5.82 Å². The zero-order valence-electron chi connectivity index (χ0n) is 12.1. The summed E-state index contributed by atoms with van der Waals surface area (Å²) in [5.74, 6) is 1.88. The van der Waals surface area contributed by atoms with E-state index in [0.29, 0.717) is 0 Å². The lowest BCUT2D eigenvalue weighted by atomic mass is 10.3. The normalized spacial score (nSPS) is 16.5. The fraction of sp³-hybridized carbons (Fsp3) is 0.333. The third kappa shape index (κ3) is 2.53. The molecule has 2 N–H and O–H groups in total. The number of pyridine rings is 1. The van der Waals surface area contributed by atoms with Gasteiger partial charge in [-0.15, -0.1) is 11.3 Å². The number of piperazine rings is 1. The molecule has 0 aliphatic carbocycles. The highest BCUT2D eigenvalue weighted by molar-refractivity contribution is 7.09. The molecule has 0 spiro atoms. The van der Waals surface area contributed by atoms with Crippen molar-refractivity contribution in [2.45, 2.75) is 6.54 Å². The molecule has 4 rings (SSSR count). The SMILES string of the molecule is O[n+]1ccccc1N1CCN(Cc2nc3cscc3[nH]2)CC1. The van der Waals surface area contributed by atoms with Crippen LogP contribution in [0, 0.1) is 0 Å². The van der Waals surface area contributed by atoms with Crippen LogP contribution in [0.25, 0.3) is 11.0 Å². The summed E-state index contributed by atoms with van der Waals surface area (Å²) in [5.41, 5.74) is 2.19. The largest absolute Gasteiger partial charge is 0.350 e. The Kier molecular flexibility index (Phi) is 3.44. The lowest BCUT2D eigenvalue weighted by Crippen LogP contribution is -2.50. The van der Waals surface area contributed by atoms with Crippen LogP contribution in [0.15, 0.2) is 35.2 Å². The molecule has 3 aromatic rings. The summed E-state index contributed by atoms with van der Waals surface area (Å²) >= 11 is 1.67. The van der Waals surface area contributed by atoms with Gasteiger partial charge in [-0.3, -0.25) is 9.80 Å². The maximum absolute atomic E-state index is 9.87. The molecule has 0 unspecified atom stereocenters. The van der Waals surface area contributed by atoms with Gasteiger partial charge >= 0.3 is 5.82 Å². The predicted molar refractivity (Wildman–Crippen MR) is 85.3 cm³/mol. The molecule has 1 aliphatic rings. The summed E-state index contributed by atoms with van der Waals surface area (Å²) in [7, 11) is 0. The predicted octanol–water partition coefficient (Wildman–Crippen LogP) is 1.47. The van der Waals surface area contributed by atoms with Crippen molar-refractivity contribution in [3.8, 4) is 0 Å². The Hall–Kier alpha value is -2.12. The third-order valence-corrected chi connectivity index (χ3v) is 4.80. The molecule has 4 heterocycles. The minimum atomic E-state index is 0.848. The average molecular weight is 316 g/mol. The Morgan fingerprint density at radius 3 is 2.86 bits per heavy atom. The molecule has 1 fully saturated rings. The Morgan fingerprint density at radius 1 is 1.23 bits per heavy atom. The number of nitrogens with one attached hydrogen (secondary N) is 1. The zero-order chi connectivity index (χ0) is 14.9. The fourth-order valence-corrected chi connectivity index (χ4v) is 3.59. The van der Waals surface area contributed by atoms with E-state index in [4.69, 9.17) is 0 Å². The fourth-order valence-electron chi connectivity index (χ4n) is 2.90. The standard InChI is InChI=1S/C15H18N5OS/c21-20-4-2-1-3-15(20)19-7-5-18(6-8-19)9-14-16-12-10-22-11-13(12)17-14/h1-4,10-11,21H,5-9H2,(H,16,17)/q+1. The second-order valence-electron chi connectivity index (χ2n) is 5.52. The molecular formula is C15H18N5OS+. The number of hydrogen-bond donors (Lipinski definition) is 2. The van der Waals surface area contributed by atoms with E-state index in [-0.39, 0.29) is 0 Å². The van der Waals surface area contributed by atoms with E-state index >= 15 is 0 Å². The third-order valence-electron chi connectivity index (χ3n) is 4.06. The van der Waals surface area contributed by atoms with Crippen LogP contribution < -0.4 is 9.63 Å². The maximum Gasteiger partial charge on any atom is 0.316 e. The van der Waals surface area contributed by atoms with E-state index in [9.17, 15) is 5.21 Å². The number of imidazole rings is 1. The van der Waals surface area contributed by atoms with Crippen LogP contribution in [-0.4, -0.2) is 46.3 Å². The number of thiophene rings is 1. The Bertz CT molecular complexity index is 746. The molecule has 1 aliphatic heterocycles. The quantitative estimate of drug-likeness (QED) is 0.567. The molecule has 0 saturated carbocycles. The number of fused-ring (bicyclic) bond motifs is 1. The first-order chi connectivity index (χ1) is 10.8. The van der Waals surface area contributed by atoms with Gasteiger partial charge < -0.3 is 10.2 Å². The lowest BCUT2D eigenvalue weighted by molar-refractivity contribution is -0.894. The molecular weight excluding hydrogens is 298 g/mol. The summed E-state index contributed by atoms with van der Waals surface area (Å²) in [6, 6.07) is 5.71. The molecule has 0 radical (unpaired) electrons. The minimum Gasteiger partial charge on any atom is -0.350 e. The number of nitrogens with zero attached hydrogens (tertiary/aromatic N) is 4. The molecule has 1 saturated heterocycles. The molecule has 0 aromatic carbocycles. The molecule has 22 heavy (non-hydrogen) atoms. The van der Waals surface area contributed by atoms with Crippen molar-refractivity contribution in [2.75, 3.05) is 31.1 Å². The molecule has 114 valence electrons. The highest BCUT2D eigenvalue weighted by atomic mass is 32.1. The number of aromatic nitrogens is 3. The summed E-state index contributed by atoms with van der Waals surface area (Å²) in [6.45, 7) is 4.57. The van der Waals surface area contributed by atoms with E-state index in [0.717, 1.165) is 55.4 Å². The van der Waals surface area contributed by atoms with Crippen LogP contribution in [0.5, 0.6) is 0 Å². The van der Waals surface area contributed by atoms with Crippen molar-refractivity contribution in [1.82, 2.24) is 14.9 Å². The zero-order valence-corrected chi connectivity index (χ0v) is 13.0. The Morgan fingerprint density at radius 2 is 2.09 bits per heavy atom. The smallest absolute Gasteiger partial charge is 0.316 e. The van der Waals surface area contributed by atoms with E-state index in [1.54, 1.807) is 17.5 Å². The highest BCUT2D eigenvalue weighted by Crippen LogP contribution is 2.18. The van der Waals surface area contributed by atoms with Crippen molar-refractivity contribution < 1.29 is 9.94 Å². The highest BCUT2D eigenvalue weighted by Gasteiger charge is 2.25. The molecule has 0 bridgehead atoms. The Labute approximate surface area is 132 Å². The van der Waals surface area contributed by atoms with Crippen LogP contribution in [0.4, 0.5) is 5.82 Å². The summed E-state index contributed by atoms with van der Waals surface area (Å²) < 4.78 is 1.19. The van der Waals surface area contributed by atoms with Gasteiger partial charge in [0.05, 0.1) is 30.7 Å². The number of aromatic amines is 1. The van der Waals surface area contributed by atoms with E-state index in [1.165, 1.54) is 4.73 Å². The van der Waals surface area contributed by atoms with Gasteiger partial charge in [0, 0.05) is 29.9 Å². The van der Waals surface area contributed by atoms with Crippen molar-refractivity contribution in [3.05, 3.63) is 41.0 Å². The van der Waals surface area contributed by atoms with Crippen molar-refractivity contribution in [1.29, 1.82) is 0 Å². The van der Waals surface area contributed by atoms with E-state index in [1.807, 2.05) is 18.2 Å². The molecule has 7 heteroatoms. The van der Waals surface area contributed by atoms with Gasteiger partial charge in [0.15, 0.2) is 0 Å². The number of anilines is 1. The van der Waals surface area contributed by atoms with Gasteiger partial charge in [-0.25, -0.2) is 4.98 Å². The van der Waals surface area contributed by atoms with Gasteiger partial charge in [0.1, 0.15) is 12.0 Å². The van der Waals surface area contributed by atoms with E-state index in [2.05, 4.69) is 30.5 Å². The summed E-state index contributed by atoms with van der Waals surface area (Å²) in [6.07, 6.45) is 1.66. The summed E-state index contributed by atoms with van der Waals surface area (Å²) in [4.78, 5) is 12.6. The number of hydrogen-bond acceptors (Lipinski definition) is 5. The topological polar surface area (TPSA) is 59.3 Å². The van der Waals surface area contributed by atoms with Gasteiger partial charge in [0.25, 0.3) is 0 Å². The van der Waals surface area contributed by atoms with Crippen LogP contribution in [-0.2, 0) is 6.54 Å². The number of H-pyrrole nitrogens is 1. The minimum absolute atomic E-state index is 0.848. The molecule has 3 aromatic heterocycles. The second kappa shape index (κ2) is 5.58. The van der Waals surface area contributed by atoms with Crippen molar-refractivity contribution in [2.24, 2.45) is 0 Å². The van der Waals surface area contributed by atoms with Crippen LogP contribution in [0.2, 0.25) is 0 Å². The lowest BCUT2D eigenvalue weighted by Gasteiger charge is -2.30. The van der Waals surface area contributed by atoms with E-state index < -0.39 is 0 Å².